The molecule has 1 aliphatic heterocycles. The number of hydrogen-bond acceptors (Lipinski definition) is 4. The lowest BCUT2D eigenvalue weighted by Gasteiger charge is -2.38. The van der Waals surface area contributed by atoms with Crippen LogP contribution in [0.15, 0.2) is 29.3 Å². The first kappa shape index (κ1) is 17.7. The zero-order valence-electron chi connectivity index (χ0n) is 15.5. The van der Waals surface area contributed by atoms with Crippen molar-refractivity contribution in [2.75, 3.05) is 7.05 Å². The summed E-state index contributed by atoms with van der Waals surface area (Å²) in [4.78, 5) is 10.1. The molecule has 0 fully saturated rings. The first-order valence-corrected chi connectivity index (χ1v) is 9.37. The minimum absolute atomic E-state index is 0.162. The average molecular weight is 359 g/mol. The number of guanidine groups is 1. The van der Waals surface area contributed by atoms with E-state index >= 15 is 0 Å². The number of ether oxygens (including phenoxy) is 1. The lowest BCUT2D eigenvalue weighted by atomic mass is 9.90. The number of aryl methyl sites for hydroxylation is 2. The standard InChI is InChI=1S/C19H26N4OS/c1-12-17(25-13(2)22-12)11-21-18(20-5)23-15-10-19(3,4)24-16-9-7-6-8-14(15)16/h6-9,15H,10-11H2,1-5H3,(H2,20,21,23). The molecule has 1 aliphatic rings. The highest BCUT2D eigenvalue weighted by Gasteiger charge is 2.33. The molecule has 0 radical (unpaired) electrons. The van der Waals surface area contributed by atoms with Gasteiger partial charge in [0.25, 0.3) is 0 Å². The van der Waals surface area contributed by atoms with Gasteiger partial charge < -0.3 is 15.4 Å². The van der Waals surface area contributed by atoms with Crippen LogP contribution in [0.5, 0.6) is 5.75 Å². The molecule has 2 N–H and O–H groups in total. The third-order valence-electron chi connectivity index (χ3n) is 4.33. The van der Waals surface area contributed by atoms with Crippen molar-refractivity contribution in [2.45, 2.75) is 52.3 Å². The summed E-state index contributed by atoms with van der Waals surface area (Å²) in [7, 11) is 1.80. The van der Waals surface area contributed by atoms with Crippen molar-refractivity contribution in [3.05, 3.63) is 45.4 Å². The Bertz CT molecular complexity index is 781. The van der Waals surface area contributed by atoms with Gasteiger partial charge in [-0.3, -0.25) is 4.99 Å². The molecule has 1 atom stereocenters. The predicted octanol–water partition coefficient (Wildman–Crippen LogP) is 3.73. The van der Waals surface area contributed by atoms with E-state index in [0.717, 1.165) is 35.4 Å². The number of aliphatic imine (C=N–C) groups is 1. The van der Waals surface area contributed by atoms with Crippen LogP contribution in [0.3, 0.4) is 0 Å². The van der Waals surface area contributed by atoms with Crippen molar-refractivity contribution in [1.29, 1.82) is 0 Å². The molecule has 3 rings (SSSR count). The molecular formula is C19H26N4OS. The van der Waals surface area contributed by atoms with Gasteiger partial charge in [-0.1, -0.05) is 18.2 Å². The maximum atomic E-state index is 6.11. The van der Waals surface area contributed by atoms with Gasteiger partial charge in [0.15, 0.2) is 5.96 Å². The molecule has 2 aromatic rings. The van der Waals surface area contributed by atoms with Crippen LogP contribution in [0, 0.1) is 13.8 Å². The van der Waals surface area contributed by atoms with Gasteiger partial charge in [-0.05, 0) is 33.8 Å². The second-order valence-electron chi connectivity index (χ2n) is 6.97. The Morgan fingerprint density at radius 2 is 2.12 bits per heavy atom. The van der Waals surface area contributed by atoms with Crippen LogP contribution in [-0.2, 0) is 6.54 Å². The molecule has 1 aromatic carbocycles. The number of nitrogens with one attached hydrogen (secondary N) is 2. The summed E-state index contributed by atoms with van der Waals surface area (Å²) in [6, 6.07) is 8.38. The Kier molecular flexibility index (Phi) is 4.99. The lowest BCUT2D eigenvalue weighted by molar-refractivity contribution is 0.0694. The normalized spacial score (nSPS) is 19.1. The maximum Gasteiger partial charge on any atom is 0.191 e. The van der Waals surface area contributed by atoms with Crippen LogP contribution < -0.4 is 15.4 Å². The van der Waals surface area contributed by atoms with Crippen LogP contribution in [-0.4, -0.2) is 23.6 Å². The van der Waals surface area contributed by atoms with Crippen molar-refractivity contribution in [3.63, 3.8) is 0 Å². The Morgan fingerprint density at radius 3 is 2.80 bits per heavy atom. The topological polar surface area (TPSA) is 58.5 Å². The molecule has 6 heteroatoms. The van der Waals surface area contributed by atoms with E-state index in [1.165, 1.54) is 10.4 Å². The smallest absolute Gasteiger partial charge is 0.191 e. The zero-order valence-corrected chi connectivity index (χ0v) is 16.3. The predicted molar refractivity (Wildman–Crippen MR) is 103 cm³/mol. The molecule has 134 valence electrons. The van der Waals surface area contributed by atoms with Crippen molar-refractivity contribution in [2.24, 2.45) is 4.99 Å². The van der Waals surface area contributed by atoms with E-state index in [0.29, 0.717) is 0 Å². The van der Waals surface area contributed by atoms with Crippen LogP contribution >= 0.6 is 11.3 Å². The van der Waals surface area contributed by atoms with E-state index in [9.17, 15) is 0 Å². The third kappa shape index (κ3) is 4.12. The fourth-order valence-corrected chi connectivity index (χ4v) is 4.07. The van der Waals surface area contributed by atoms with E-state index < -0.39 is 0 Å². The summed E-state index contributed by atoms with van der Waals surface area (Å²) in [5.74, 6) is 1.74. The molecule has 0 bridgehead atoms. The van der Waals surface area contributed by atoms with Crippen molar-refractivity contribution in [3.8, 4) is 5.75 Å². The van der Waals surface area contributed by atoms with Gasteiger partial charge >= 0.3 is 0 Å². The number of hydrogen-bond donors (Lipinski definition) is 2. The number of aromatic nitrogens is 1. The highest BCUT2D eigenvalue weighted by Crippen LogP contribution is 2.39. The summed E-state index contributed by atoms with van der Waals surface area (Å²) in [6.07, 6.45) is 0.878. The van der Waals surface area contributed by atoms with Gasteiger partial charge in [0.1, 0.15) is 11.4 Å². The van der Waals surface area contributed by atoms with E-state index in [-0.39, 0.29) is 11.6 Å². The first-order chi connectivity index (χ1) is 11.9. The van der Waals surface area contributed by atoms with Gasteiger partial charge in [-0.15, -0.1) is 11.3 Å². The second-order valence-corrected chi connectivity index (χ2v) is 8.26. The summed E-state index contributed by atoms with van der Waals surface area (Å²) < 4.78 is 6.11. The minimum atomic E-state index is -0.212. The number of nitrogens with zero attached hydrogens (tertiary/aromatic N) is 2. The van der Waals surface area contributed by atoms with Crippen molar-refractivity contribution >= 4 is 17.3 Å². The molecule has 25 heavy (non-hydrogen) atoms. The largest absolute Gasteiger partial charge is 0.487 e. The quantitative estimate of drug-likeness (QED) is 0.648. The second kappa shape index (κ2) is 7.04. The Balaban J connectivity index is 1.72. The minimum Gasteiger partial charge on any atom is -0.487 e. The number of thiazole rings is 1. The highest BCUT2D eigenvalue weighted by molar-refractivity contribution is 7.11. The number of para-hydroxylation sites is 1. The average Bonchev–Trinajstić information content (AvgIpc) is 2.87. The lowest BCUT2D eigenvalue weighted by Crippen LogP contribution is -2.45. The molecule has 0 saturated heterocycles. The fraction of sp³-hybridized carbons (Fsp3) is 0.474. The molecule has 0 spiro atoms. The summed E-state index contributed by atoms with van der Waals surface area (Å²) >= 11 is 1.72. The molecule has 0 amide bonds. The molecule has 1 unspecified atom stereocenters. The summed E-state index contributed by atoms with van der Waals surface area (Å²) in [5, 5.41) is 8.07. The Morgan fingerprint density at radius 1 is 1.36 bits per heavy atom. The van der Waals surface area contributed by atoms with Crippen LogP contribution in [0.4, 0.5) is 0 Å². The summed E-state index contributed by atoms with van der Waals surface area (Å²) in [6.45, 7) is 9.06. The van der Waals surface area contributed by atoms with Gasteiger partial charge in [0.2, 0.25) is 0 Å². The van der Waals surface area contributed by atoms with Gasteiger partial charge in [-0.2, -0.15) is 0 Å². The van der Waals surface area contributed by atoms with Crippen LogP contribution in [0.2, 0.25) is 0 Å². The number of benzene rings is 1. The van der Waals surface area contributed by atoms with Crippen LogP contribution in [0.1, 0.15) is 47.5 Å². The van der Waals surface area contributed by atoms with Gasteiger partial charge in [0, 0.05) is 23.9 Å². The molecule has 0 saturated carbocycles. The first-order valence-electron chi connectivity index (χ1n) is 8.56. The van der Waals surface area contributed by atoms with E-state index in [2.05, 4.69) is 46.6 Å². The fourth-order valence-electron chi connectivity index (χ4n) is 3.19. The van der Waals surface area contributed by atoms with E-state index in [4.69, 9.17) is 4.74 Å². The molecule has 2 heterocycles. The monoisotopic (exact) mass is 358 g/mol. The van der Waals surface area contributed by atoms with Crippen molar-refractivity contribution < 1.29 is 4.74 Å². The molecule has 1 aromatic heterocycles. The zero-order chi connectivity index (χ0) is 18.0. The Labute approximate surface area is 153 Å². The van der Waals surface area contributed by atoms with E-state index in [1.807, 2.05) is 26.0 Å². The summed E-state index contributed by atoms with van der Waals surface area (Å²) in [5.41, 5.74) is 2.05. The molecular weight excluding hydrogens is 332 g/mol. The van der Waals surface area contributed by atoms with Crippen molar-refractivity contribution in [1.82, 2.24) is 15.6 Å². The number of fused-ring (bicyclic) bond motifs is 1. The van der Waals surface area contributed by atoms with E-state index in [1.54, 1.807) is 18.4 Å². The highest BCUT2D eigenvalue weighted by atomic mass is 32.1. The Hall–Kier alpha value is -2.08. The number of rotatable bonds is 3. The SMILES string of the molecule is CN=C(NCc1sc(C)nc1C)NC1CC(C)(C)Oc2ccccc21. The molecule has 0 aliphatic carbocycles. The third-order valence-corrected chi connectivity index (χ3v) is 5.40. The van der Waals surface area contributed by atoms with Gasteiger partial charge in [0.05, 0.1) is 23.3 Å². The maximum absolute atomic E-state index is 6.11. The van der Waals surface area contributed by atoms with Gasteiger partial charge in [-0.25, -0.2) is 4.98 Å². The van der Waals surface area contributed by atoms with Crippen LogP contribution in [0.25, 0.3) is 0 Å². The molecule has 5 nitrogen and oxygen atoms in total.